The number of Topliss-reactive ketones (excluding diaryl/α,β-unsaturated/α-hetero) is 1. The van der Waals surface area contributed by atoms with Gasteiger partial charge in [-0.2, -0.15) is 0 Å². The Bertz CT molecular complexity index is 595. The monoisotopic (exact) mass is 357 g/mol. The molecule has 0 aliphatic carbocycles. The lowest BCUT2D eigenvalue weighted by atomic mass is 10.1. The van der Waals surface area contributed by atoms with E-state index in [1.54, 1.807) is 19.1 Å². The van der Waals surface area contributed by atoms with Crippen molar-refractivity contribution >= 4 is 11.6 Å². The van der Waals surface area contributed by atoms with Crippen molar-refractivity contribution in [1.82, 2.24) is 10.2 Å². The molecule has 0 aromatic carbocycles. The second-order valence-corrected chi connectivity index (χ2v) is 5.92. The van der Waals surface area contributed by atoms with E-state index in [4.69, 9.17) is 4.99 Å². The van der Waals surface area contributed by atoms with Gasteiger partial charge in [-0.05, 0) is 45.4 Å². The molecule has 0 spiro atoms. The summed E-state index contributed by atoms with van der Waals surface area (Å²) in [6.45, 7) is 19.6. The van der Waals surface area contributed by atoms with Crippen LogP contribution in [0.2, 0.25) is 0 Å². The number of carbonyl (C=O) groups excluding carboxylic acids is 1. The van der Waals surface area contributed by atoms with Crippen LogP contribution in [-0.2, 0) is 4.79 Å². The first kappa shape index (κ1) is 23.6. The van der Waals surface area contributed by atoms with E-state index >= 15 is 0 Å². The predicted molar refractivity (Wildman–Crippen MR) is 114 cm³/mol. The Morgan fingerprint density at radius 3 is 2.35 bits per heavy atom. The Hall–Kier alpha value is -2.36. The van der Waals surface area contributed by atoms with Gasteiger partial charge in [0.25, 0.3) is 0 Å². The third-order valence-electron chi connectivity index (χ3n) is 3.89. The maximum absolute atomic E-state index is 11.8. The number of amidine groups is 1. The Morgan fingerprint density at radius 1 is 1.19 bits per heavy atom. The molecule has 0 heterocycles. The zero-order chi connectivity index (χ0) is 19.9. The third kappa shape index (κ3) is 8.65. The van der Waals surface area contributed by atoms with Gasteiger partial charge in [0, 0.05) is 37.3 Å². The molecule has 0 aliphatic heterocycles. The van der Waals surface area contributed by atoms with Crippen LogP contribution in [0, 0.1) is 0 Å². The van der Waals surface area contributed by atoms with Gasteiger partial charge < -0.3 is 10.2 Å². The molecule has 0 aromatic rings. The molecule has 144 valence electrons. The highest BCUT2D eigenvalue weighted by Gasteiger charge is 2.11. The Morgan fingerprint density at radius 2 is 1.88 bits per heavy atom. The molecule has 0 aliphatic rings. The average Bonchev–Trinajstić information content (AvgIpc) is 2.63. The Balaban J connectivity index is 5.47. The normalized spacial score (nSPS) is 13.4. The lowest BCUT2D eigenvalue weighted by Gasteiger charge is -2.26. The maximum Gasteiger partial charge on any atom is 0.157 e. The zero-order valence-corrected chi connectivity index (χ0v) is 17.1. The van der Waals surface area contributed by atoms with Gasteiger partial charge in [0.1, 0.15) is 5.84 Å². The van der Waals surface area contributed by atoms with Crippen molar-refractivity contribution in [1.29, 1.82) is 0 Å². The molecule has 0 saturated heterocycles. The first-order valence-corrected chi connectivity index (χ1v) is 9.31. The van der Waals surface area contributed by atoms with Gasteiger partial charge in [-0.3, -0.25) is 4.79 Å². The van der Waals surface area contributed by atoms with Crippen molar-refractivity contribution in [2.24, 2.45) is 4.99 Å². The van der Waals surface area contributed by atoms with Crippen molar-refractivity contribution in [3.8, 4) is 0 Å². The largest absolute Gasteiger partial charge is 0.383 e. The molecule has 0 saturated carbocycles. The molecule has 0 radical (unpaired) electrons. The number of carbonyl (C=O) groups is 1. The van der Waals surface area contributed by atoms with Gasteiger partial charge in [0.2, 0.25) is 0 Å². The van der Waals surface area contributed by atoms with Crippen molar-refractivity contribution in [3.05, 3.63) is 60.5 Å². The van der Waals surface area contributed by atoms with E-state index in [-0.39, 0.29) is 5.78 Å². The topological polar surface area (TPSA) is 44.7 Å². The van der Waals surface area contributed by atoms with Crippen LogP contribution >= 0.6 is 0 Å². The molecular formula is C22H35N3O. The highest BCUT2D eigenvalue weighted by Crippen LogP contribution is 2.12. The summed E-state index contributed by atoms with van der Waals surface area (Å²) in [7, 11) is 0. The second kappa shape index (κ2) is 13.9. The summed E-state index contributed by atoms with van der Waals surface area (Å²) in [4.78, 5) is 18.8. The van der Waals surface area contributed by atoms with Crippen LogP contribution in [0.15, 0.2) is 65.5 Å². The van der Waals surface area contributed by atoms with E-state index in [2.05, 4.69) is 37.2 Å². The molecule has 4 nitrogen and oxygen atoms in total. The molecule has 0 rings (SSSR count). The lowest BCUT2D eigenvalue weighted by Crippen LogP contribution is -2.37. The maximum atomic E-state index is 11.8. The molecule has 4 heteroatoms. The van der Waals surface area contributed by atoms with Crippen LogP contribution in [-0.4, -0.2) is 36.2 Å². The molecule has 1 N–H and O–H groups in total. The highest BCUT2D eigenvalue weighted by molar-refractivity contribution is 5.94. The number of allylic oxidation sites excluding steroid dienone is 6. The van der Waals surface area contributed by atoms with Crippen molar-refractivity contribution < 1.29 is 4.79 Å². The van der Waals surface area contributed by atoms with Gasteiger partial charge >= 0.3 is 0 Å². The second-order valence-electron chi connectivity index (χ2n) is 5.92. The smallest absolute Gasteiger partial charge is 0.157 e. The minimum Gasteiger partial charge on any atom is -0.383 e. The van der Waals surface area contributed by atoms with Crippen LogP contribution < -0.4 is 5.32 Å². The minimum absolute atomic E-state index is 0.0474. The summed E-state index contributed by atoms with van der Waals surface area (Å²) in [6, 6.07) is 0. The van der Waals surface area contributed by atoms with E-state index in [0.717, 1.165) is 49.7 Å². The molecular weight excluding hydrogens is 322 g/mol. The molecule has 26 heavy (non-hydrogen) atoms. The summed E-state index contributed by atoms with van der Waals surface area (Å²) in [5.74, 6) is 1.04. The Labute approximate surface area is 159 Å². The fraction of sp³-hybridized carbons (Fsp3) is 0.455. The summed E-state index contributed by atoms with van der Waals surface area (Å²) >= 11 is 0. The van der Waals surface area contributed by atoms with Crippen LogP contribution in [0.25, 0.3) is 0 Å². The van der Waals surface area contributed by atoms with E-state index in [1.165, 1.54) is 0 Å². The number of hydrogen-bond acceptors (Lipinski definition) is 3. The molecule has 0 amide bonds. The zero-order valence-electron chi connectivity index (χ0n) is 17.1. The first-order valence-electron chi connectivity index (χ1n) is 9.31. The SMILES string of the molecule is C=C/C=C(\C=C)NCCN(CCC)C(CC)=NC(/C=C\C)=C(/C)C(C)=O. The van der Waals surface area contributed by atoms with Gasteiger partial charge in [0.05, 0.1) is 5.70 Å². The number of aliphatic imine (C=N–C) groups is 1. The number of ketones is 1. The molecule has 0 fully saturated rings. The molecule has 0 bridgehead atoms. The molecule has 0 unspecified atom stereocenters. The fourth-order valence-electron chi connectivity index (χ4n) is 2.40. The third-order valence-corrected chi connectivity index (χ3v) is 3.89. The number of nitrogens with zero attached hydrogens (tertiary/aromatic N) is 2. The molecule has 0 aromatic heterocycles. The van der Waals surface area contributed by atoms with E-state index in [9.17, 15) is 4.79 Å². The number of hydrogen-bond donors (Lipinski definition) is 1. The van der Waals surface area contributed by atoms with Crippen LogP contribution in [0.3, 0.4) is 0 Å². The van der Waals surface area contributed by atoms with Gasteiger partial charge in [0.15, 0.2) is 5.78 Å². The average molecular weight is 358 g/mol. The van der Waals surface area contributed by atoms with Crippen molar-refractivity contribution in [2.45, 2.75) is 47.5 Å². The minimum atomic E-state index is 0.0474. The van der Waals surface area contributed by atoms with E-state index < -0.39 is 0 Å². The predicted octanol–water partition coefficient (Wildman–Crippen LogP) is 4.79. The standard InChI is InChI=1S/C22H35N3O/c1-8-13-20(11-4)23-15-17-25(16-10-3)22(12-5)24-21(14-9-2)18(6)19(7)26/h8-9,11,13-14,23H,1,4,10,12,15-17H2,2-3,5-7H3/b14-9-,20-13+,21-18-,24-22?. The highest BCUT2D eigenvalue weighted by atomic mass is 16.1. The molecule has 0 atom stereocenters. The van der Waals surface area contributed by atoms with Crippen LogP contribution in [0.1, 0.15) is 47.5 Å². The van der Waals surface area contributed by atoms with Crippen LogP contribution in [0.5, 0.6) is 0 Å². The summed E-state index contributed by atoms with van der Waals surface area (Å²) in [5.41, 5.74) is 2.38. The van der Waals surface area contributed by atoms with E-state index in [0.29, 0.717) is 5.57 Å². The number of nitrogens with one attached hydrogen (secondary N) is 1. The van der Waals surface area contributed by atoms with Crippen molar-refractivity contribution in [2.75, 3.05) is 19.6 Å². The summed E-state index contributed by atoms with van der Waals surface area (Å²) < 4.78 is 0. The van der Waals surface area contributed by atoms with Gasteiger partial charge in [-0.15, -0.1) is 0 Å². The van der Waals surface area contributed by atoms with Crippen LogP contribution in [0.4, 0.5) is 0 Å². The summed E-state index contributed by atoms with van der Waals surface area (Å²) in [5, 5.41) is 3.35. The first-order chi connectivity index (χ1) is 12.4. The lowest BCUT2D eigenvalue weighted by molar-refractivity contribution is -0.113. The van der Waals surface area contributed by atoms with Gasteiger partial charge in [-0.1, -0.05) is 39.2 Å². The fourth-order valence-corrected chi connectivity index (χ4v) is 2.40. The quantitative estimate of drug-likeness (QED) is 0.236. The van der Waals surface area contributed by atoms with Gasteiger partial charge in [-0.25, -0.2) is 4.99 Å². The van der Waals surface area contributed by atoms with Crippen molar-refractivity contribution in [3.63, 3.8) is 0 Å². The van der Waals surface area contributed by atoms with E-state index in [1.807, 2.05) is 32.1 Å². The Kier molecular flexibility index (Phi) is 12.6. The summed E-state index contributed by atoms with van der Waals surface area (Å²) in [6.07, 6.45) is 11.1. The number of rotatable bonds is 12.